The van der Waals surface area contributed by atoms with Crippen LogP contribution in [0.1, 0.15) is 27.0 Å². The van der Waals surface area contributed by atoms with Crippen molar-refractivity contribution in [1.29, 1.82) is 5.26 Å². The summed E-state index contributed by atoms with van der Waals surface area (Å²) in [4.78, 5) is 24.7. The van der Waals surface area contributed by atoms with Gasteiger partial charge in [-0.25, -0.2) is 0 Å². The maximum absolute atomic E-state index is 12.5. The van der Waals surface area contributed by atoms with Gasteiger partial charge in [-0.05, 0) is 31.5 Å². The molecule has 2 rings (SSSR count). The van der Waals surface area contributed by atoms with Gasteiger partial charge in [-0.1, -0.05) is 23.8 Å². The first-order valence-corrected chi connectivity index (χ1v) is 7.60. The average molecular weight is 338 g/mol. The Labute approximate surface area is 145 Å². The van der Waals surface area contributed by atoms with Gasteiger partial charge >= 0.3 is 0 Å². The summed E-state index contributed by atoms with van der Waals surface area (Å²) in [5.74, 6) is -0.500. The Balaban J connectivity index is 2.40. The molecule has 2 aromatic rings. The molecule has 0 saturated heterocycles. The second kappa shape index (κ2) is 7.49. The van der Waals surface area contributed by atoms with Crippen LogP contribution in [0, 0.1) is 25.2 Å². The van der Waals surface area contributed by atoms with Gasteiger partial charge in [0.25, 0.3) is 5.56 Å². The number of aromatic hydroxyl groups is 1. The standard InChI is InChI=1S/C19H18N2O4/c1-4-9-21-18(23)15(10-20)13(3)17(19(21)24)16(22)11-25-14-7-5-12(2)6-8-14/h4-8,24H,1,9,11H2,2-3H3. The first kappa shape index (κ1) is 18.0. The van der Waals surface area contributed by atoms with Crippen molar-refractivity contribution in [3.05, 3.63) is 69.5 Å². The van der Waals surface area contributed by atoms with Crippen LogP contribution in [0.25, 0.3) is 0 Å². The van der Waals surface area contributed by atoms with Gasteiger partial charge in [-0.2, -0.15) is 5.26 Å². The molecule has 0 aliphatic heterocycles. The van der Waals surface area contributed by atoms with Gasteiger partial charge < -0.3 is 9.84 Å². The molecule has 0 spiro atoms. The summed E-state index contributed by atoms with van der Waals surface area (Å²) in [6, 6.07) is 8.95. The van der Waals surface area contributed by atoms with E-state index in [1.807, 2.05) is 19.1 Å². The molecule has 1 N–H and O–H groups in total. The van der Waals surface area contributed by atoms with Crippen LogP contribution in [0.2, 0.25) is 0 Å². The van der Waals surface area contributed by atoms with Crippen molar-refractivity contribution in [3.8, 4) is 17.7 Å². The van der Waals surface area contributed by atoms with Crippen LogP contribution in [0.3, 0.4) is 0 Å². The van der Waals surface area contributed by atoms with E-state index in [0.29, 0.717) is 5.75 Å². The van der Waals surface area contributed by atoms with Gasteiger partial charge in [0.05, 0.1) is 5.56 Å². The maximum Gasteiger partial charge on any atom is 0.271 e. The zero-order valence-corrected chi connectivity index (χ0v) is 14.1. The number of nitriles is 1. The number of hydrogen-bond donors (Lipinski definition) is 1. The number of rotatable bonds is 6. The first-order chi connectivity index (χ1) is 11.9. The lowest BCUT2D eigenvalue weighted by Crippen LogP contribution is -2.27. The number of carbonyl (C=O) groups excluding carboxylic acids is 1. The fourth-order valence-electron chi connectivity index (χ4n) is 2.44. The largest absolute Gasteiger partial charge is 0.494 e. The van der Waals surface area contributed by atoms with E-state index in [1.54, 1.807) is 18.2 Å². The average Bonchev–Trinajstić information content (AvgIpc) is 2.58. The fraction of sp³-hybridized carbons (Fsp3) is 0.211. The summed E-state index contributed by atoms with van der Waals surface area (Å²) in [5.41, 5.74) is 0.266. The van der Waals surface area contributed by atoms with E-state index < -0.39 is 17.2 Å². The normalized spacial score (nSPS) is 10.1. The quantitative estimate of drug-likeness (QED) is 0.645. The predicted octanol–water partition coefficient (Wildman–Crippen LogP) is 2.49. The van der Waals surface area contributed by atoms with Crippen molar-refractivity contribution in [2.24, 2.45) is 0 Å². The third-order valence-corrected chi connectivity index (χ3v) is 3.78. The van der Waals surface area contributed by atoms with Crippen molar-refractivity contribution in [1.82, 2.24) is 4.57 Å². The minimum Gasteiger partial charge on any atom is -0.494 e. The lowest BCUT2D eigenvalue weighted by molar-refractivity contribution is 0.0916. The molecule has 0 aliphatic carbocycles. The molecule has 0 unspecified atom stereocenters. The summed E-state index contributed by atoms with van der Waals surface area (Å²) in [5, 5.41) is 19.5. The molecule has 1 aromatic carbocycles. The lowest BCUT2D eigenvalue weighted by Gasteiger charge is -2.14. The Morgan fingerprint density at radius 2 is 2.00 bits per heavy atom. The van der Waals surface area contributed by atoms with Crippen molar-refractivity contribution in [2.75, 3.05) is 6.61 Å². The van der Waals surface area contributed by atoms with Crippen molar-refractivity contribution in [2.45, 2.75) is 20.4 Å². The zero-order valence-electron chi connectivity index (χ0n) is 14.1. The SMILES string of the molecule is C=CCn1c(O)c(C(=O)COc2ccc(C)cc2)c(C)c(C#N)c1=O. The molecular weight excluding hydrogens is 320 g/mol. The lowest BCUT2D eigenvalue weighted by atomic mass is 10.0. The number of aryl methyl sites for hydroxylation is 1. The number of aromatic nitrogens is 1. The third kappa shape index (κ3) is 3.61. The molecule has 0 amide bonds. The Kier molecular flexibility index (Phi) is 5.40. The molecule has 128 valence electrons. The second-order valence-electron chi connectivity index (χ2n) is 5.54. The van der Waals surface area contributed by atoms with E-state index in [0.717, 1.165) is 10.1 Å². The molecule has 0 bridgehead atoms. The van der Waals surface area contributed by atoms with Gasteiger partial charge in [0.1, 0.15) is 17.4 Å². The number of benzene rings is 1. The number of Topliss-reactive ketones (excluding diaryl/α,β-unsaturated/α-hetero) is 1. The molecule has 0 radical (unpaired) electrons. The molecule has 0 saturated carbocycles. The molecule has 0 aliphatic rings. The molecule has 25 heavy (non-hydrogen) atoms. The summed E-state index contributed by atoms with van der Waals surface area (Å²) in [6.07, 6.45) is 1.40. The molecule has 0 fully saturated rings. The van der Waals surface area contributed by atoms with Crippen LogP contribution in [0.15, 0.2) is 41.7 Å². The third-order valence-electron chi connectivity index (χ3n) is 3.78. The molecular formula is C19H18N2O4. The minimum atomic E-state index is -0.659. The Morgan fingerprint density at radius 3 is 2.56 bits per heavy atom. The van der Waals surface area contributed by atoms with Crippen molar-refractivity contribution >= 4 is 5.78 Å². The highest BCUT2D eigenvalue weighted by atomic mass is 16.5. The molecule has 1 aromatic heterocycles. The van der Waals surface area contributed by atoms with Gasteiger partial charge in [-0.15, -0.1) is 6.58 Å². The smallest absolute Gasteiger partial charge is 0.271 e. The number of ether oxygens (including phenoxy) is 1. The highest BCUT2D eigenvalue weighted by Crippen LogP contribution is 2.23. The molecule has 1 heterocycles. The number of nitrogens with zero attached hydrogens (tertiary/aromatic N) is 2. The Hall–Kier alpha value is -3.33. The summed E-state index contributed by atoms with van der Waals surface area (Å²) < 4.78 is 6.38. The Bertz CT molecular complexity index is 918. The van der Waals surface area contributed by atoms with Crippen LogP contribution in [-0.4, -0.2) is 22.1 Å². The van der Waals surface area contributed by atoms with Gasteiger partial charge in [0.2, 0.25) is 11.7 Å². The van der Waals surface area contributed by atoms with Gasteiger partial charge in [0.15, 0.2) is 6.61 Å². The predicted molar refractivity (Wildman–Crippen MR) is 93.0 cm³/mol. The molecule has 0 atom stereocenters. The van der Waals surface area contributed by atoms with E-state index in [1.165, 1.54) is 13.0 Å². The summed E-state index contributed by atoms with van der Waals surface area (Å²) in [7, 11) is 0. The van der Waals surface area contributed by atoms with Crippen LogP contribution in [0.5, 0.6) is 11.6 Å². The van der Waals surface area contributed by atoms with Crippen LogP contribution in [-0.2, 0) is 6.54 Å². The van der Waals surface area contributed by atoms with E-state index in [4.69, 9.17) is 4.74 Å². The topological polar surface area (TPSA) is 92.3 Å². The monoisotopic (exact) mass is 338 g/mol. The van der Waals surface area contributed by atoms with E-state index in [2.05, 4.69) is 6.58 Å². The van der Waals surface area contributed by atoms with Crippen LogP contribution in [0.4, 0.5) is 0 Å². The van der Waals surface area contributed by atoms with Crippen molar-refractivity contribution in [3.63, 3.8) is 0 Å². The van der Waals surface area contributed by atoms with Crippen molar-refractivity contribution < 1.29 is 14.6 Å². The maximum atomic E-state index is 12.5. The summed E-state index contributed by atoms with van der Waals surface area (Å²) >= 11 is 0. The Morgan fingerprint density at radius 1 is 1.36 bits per heavy atom. The van der Waals surface area contributed by atoms with Crippen LogP contribution < -0.4 is 10.3 Å². The fourth-order valence-corrected chi connectivity index (χ4v) is 2.44. The molecule has 6 heteroatoms. The first-order valence-electron chi connectivity index (χ1n) is 7.60. The highest BCUT2D eigenvalue weighted by Gasteiger charge is 2.23. The summed E-state index contributed by atoms with van der Waals surface area (Å²) in [6.45, 7) is 6.56. The highest BCUT2D eigenvalue weighted by molar-refractivity contribution is 6.01. The minimum absolute atomic E-state index is 0.0152. The number of allylic oxidation sites excluding steroid dienone is 1. The zero-order chi connectivity index (χ0) is 18.6. The van der Waals surface area contributed by atoms with Gasteiger partial charge in [0, 0.05) is 6.54 Å². The number of ketones is 1. The van der Waals surface area contributed by atoms with Gasteiger partial charge in [-0.3, -0.25) is 14.2 Å². The molecule has 6 nitrogen and oxygen atoms in total. The van der Waals surface area contributed by atoms with Crippen LogP contribution >= 0.6 is 0 Å². The number of pyridine rings is 1. The van der Waals surface area contributed by atoms with E-state index in [9.17, 15) is 20.0 Å². The van der Waals surface area contributed by atoms with E-state index >= 15 is 0 Å². The number of hydrogen-bond acceptors (Lipinski definition) is 5. The number of carbonyl (C=O) groups is 1. The van der Waals surface area contributed by atoms with E-state index in [-0.39, 0.29) is 29.8 Å². The second-order valence-corrected chi connectivity index (χ2v) is 5.54.